The summed E-state index contributed by atoms with van der Waals surface area (Å²) in [6.45, 7) is 5.05. The van der Waals surface area contributed by atoms with Gasteiger partial charge in [-0.3, -0.25) is 13.9 Å². The molecule has 1 aliphatic rings. The predicted octanol–water partition coefficient (Wildman–Crippen LogP) is 6.65. The van der Waals surface area contributed by atoms with E-state index in [0.717, 1.165) is 46.7 Å². The van der Waals surface area contributed by atoms with Crippen LogP contribution >= 0.6 is 0 Å². The van der Waals surface area contributed by atoms with Gasteiger partial charge in [0.25, 0.3) is 10.0 Å². The van der Waals surface area contributed by atoms with Crippen molar-refractivity contribution >= 4 is 27.5 Å². The van der Waals surface area contributed by atoms with E-state index in [1.54, 1.807) is 30.3 Å². The predicted molar refractivity (Wildman–Crippen MR) is 183 cm³/mol. The van der Waals surface area contributed by atoms with Crippen LogP contribution in [0.1, 0.15) is 53.5 Å². The van der Waals surface area contributed by atoms with Crippen molar-refractivity contribution in [2.75, 3.05) is 10.8 Å². The SMILES string of the molecule is Cc1ccc(S(=O)(=O)N(CC(=O)N(Cc2ccc(F)cc2)C(Cc2ccccc2)C(=O)NC2CCCC2)c2ccc(C)cc2C)cc1. The lowest BCUT2D eigenvalue weighted by atomic mass is 10.0. The van der Waals surface area contributed by atoms with E-state index in [9.17, 15) is 22.4 Å². The van der Waals surface area contributed by atoms with Crippen LogP contribution in [0.25, 0.3) is 0 Å². The Balaban J connectivity index is 1.58. The number of halogens is 1. The molecule has 0 saturated heterocycles. The molecule has 4 aromatic carbocycles. The second-order valence-electron chi connectivity index (χ2n) is 12.5. The molecule has 1 fully saturated rings. The molecule has 9 heteroatoms. The minimum atomic E-state index is -4.20. The van der Waals surface area contributed by atoms with E-state index in [1.807, 2.05) is 63.2 Å². The quantitative estimate of drug-likeness (QED) is 0.185. The van der Waals surface area contributed by atoms with Crippen molar-refractivity contribution in [3.8, 4) is 0 Å². The number of anilines is 1. The Labute approximate surface area is 277 Å². The Morgan fingerprint density at radius 1 is 0.830 bits per heavy atom. The van der Waals surface area contributed by atoms with E-state index in [-0.39, 0.29) is 29.8 Å². The van der Waals surface area contributed by atoms with Crippen LogP contribution in [0.3, 0.4) is 0 Å². The highest BCUT2D eigenvalue weighted by atomic mass is 32.2. The Morgan fingerprint density at radius 3 is 2.11 bits per heavy atom. The molecule has 246 valence electrons. The van der Waals surface area contributed by atoms with Crippen LogP contribution in [0, 0.1) is 26.6 Å². The monoisotopic (exact) mass is 655 g/mol. The number of aryl methyl sites for hydroxylation is 3. The fourth-order valence-electron chi connectivity index (χ4n) is 6.14. The fourth-order valence-corrected chi connectivity index (χ4v) is 7.62. The number of sulfonamides is 1. The molecule has 7 nitrogen and oxygen atoms in total. The number of rotatable bonds is 12. The summed E-state index contributed by atoms with van der Waals surface area (Å²) in [5.74, 6) is -1.26. The number of hydrogen-bond donors (Lipinski definition) is 1. The third-order valence-corrected chi connectivity index (χ3v) is 10.5. The average molecular weight is 656 g/mol. The third-order valence-electron chi connectivity index (χ3n) is 8.75. The van der Waals surface area contributed by atoms with Gasteiger partial charge >= 0.3 is 0 Å². The summed E-state index contributed by atoms with van der Waals surface area (Å²) in [5.41, 5.74) is 4.40. The molecule has 1 N–H and O–H groups in total. The number of nitrogens with zero attached hydrogens (tertiary/aromatic N) is 2. The highest BCUT2D eigenvalue weighted by Crippen LogP contribution is 2.29. The van der Waals surface area contributed by atoms with Crippen LogP contribution in [0.5, 0.6) is 0 Å². The molecule has 0 aromatic heterocycles. The number of carbonyl (C=O) groups excluding carboxylic acids is 2. The number of hydrogen-bond acceptors (Lipinski definition) is 4. The van der Waals surface area contributed by atoms with Gasteiger partial charge in [-0.2, -0.15) is 0 Å². The van der Waals surface area contributed by atoms with Crippen LogP contribution in [0.4, 0.5) is 10.1 Å². The molecule has 1 unspecified atom stereocenters. The van der Waals surface area contributed by atoms with Gasteiger partial charge in [-0.1, -0.05) is 90.7 Å². The van der Waals surface area contributed by atoms with Gasteiger partial charge in [-0.25, -0.2) is 12.8 Å². The molecule has 5 rings (SSSR count). The van der Waals surface area contributed by atoms with Crippen LogP contribution in [-0.2, 0) is 32.6 Å². The van der Waals surface area contributed by atoms with Crippen molar-refractivity contribution in [2.45, 2.75) is 76.4 Å². The summed E-state index contributed by atoms with van der Waals surface area (Å²) >= 11 is 0. The summed E-state index contributed by atoms with van der Waals surface area (Å²) < 4.78 is 43.6. The van der Waals surface area contributed by atoms with E-state index in [4.69, 9.17) is 0 Å². The highest BCUT2D eigenvalue weighted by molar-refractivity contribution is 7.92. The maximum atomic E-state index is 14.6. The van der Waals surface area contributed by atoms with E-state index < -0.39 is 34.3 Å². The maximum Gasteiger partial charge on any atom is 0.264 e. The van der Waals surface area contributed by atoms with Crippen LogP contribution in [0.2, 0.25) is 0 Å². The number of nitrogens with one attached hydrogen (secondary N) is 1. The summed E-state index contributed by atoms with van der Waals surface area (Å²) in [6.07, 6.45) is 4.00. The van der Waals surface area contributed by atoms with Crippen molar-refractivity contribution in [1.82, 2.24) is 10.2 Å². The number of benzene rings is 4. The summed E-state index contributed by atoms with van der Waals surface area (Å²) in [4.78, 5) is 30.2. The standard InChI is InChI=1S/C38H42FN3O4S/c1-27-13-20-34(21-14-27)47(45,46)42(35-22-15-28(2)23-29(35)3)26-37(43)41(25-31-16-18-32(39)19-17-31)36(24-30-9-5-4-6-10-30)38(44)40-33-11-7-8-12-33/h4-6,9-10,13-23,33,36H,7-8,11-12,24-26H2,1-3H3,(H,40,44). The molecule has 1 atom stereocenters. The Bertz CT molecular complexity index is 1790. The maximum absolute atomic E-state index is 14.6. The first-order valence-corrected chi connectivity index (χ1v) is 17.5. The molecule has 0 radical (unpaired) electrons. The molecule has 47 heavy (non-hydrogen) atoms. The average Bonchev–Trinajstić information content (AvgIpc) is 3.56. The highest BCUT2D eigenvalue weighted by Gasteiger charge is 2.36. The first-order chi connectivity index (χ1) is 22.5. The zero-order valence-electron chi connectivity index (χ0n) is 27.2. The molecular weight excluding hydrogens is 614 g/mol. The Kier molecular flexibility index (Phi) is 10.8. The van der Waals surface area contributed by atoms with Gasteiger partial charge in [-0.15, -0.1) is 0 Å². The van der Waals surface area contributed by atoms with Gasteiger partial charge in [0.1, 0.15) is 18.4 Å². The summed E-state index contributed by atoms with van der Waals surface area (Å²) in [5, 5.41) is 3.17. The second-order valence-corrected chi connectivity index (χ2v) is 14.3. The molecule has 2 amide bonds. The number of carbonyl (C=O) groups is 2. The lowest BCUT2D eigenvalue weighted by Gasteiger charge is -2.34. The second kappa shape index (κ2) is 14.9. The summed E-state index contributed by atoms with van der Waals surface area (Å²) in [7, 11) is -4.20. The normalized spacial score (nSPS) is 14.0. The van der Waals surface area contributed by atoms with Gasteiger partial charge in [-0.05, 0) is 80.6 Å². The lowest BCUT2D eigenvalue weighted by molar-refractivity contribution is -0.140. The van der Waals surface area contributed by atoms with Gasteiger partial charge in [0.2, 0.25) is 11.8 Å². The zero-order valence-corrected chi connectivity index (χ0v) is 28.0. The Morgan fingerprint density at radius 2 is 1.47 bits per heavy atom. The molecule has 0 bridgehead atoms. The van der Waals surface area contributed by atoms with Crippen LogP contribution in [0.15, 0.2) is 102 Å². The van der Waals surface area contributed by atoms with Gasteiger partial charge in [0.15, 0.2) is 0 Å². The minimum Gasteiger partial charge on any atom is -0.352 e. The zero-order chi connectivity index (χ0) is 33.6. The third kappa shape index (κ3) is 8.46. The fraction of sp³-hybridized carbons (Fsp3) is 0.316. The van der Waals surface area contributed by atoms with Gasteiger partial charge in [0, 0.05) is 19.0 Å². The van der Waals surface area contributed by atoms with Crippen molar-refractivity contribution in [3.63, 3.8) is 0 Å². The molecule has 0 heterocycles. The van der Waals surface area contributed by atoms with Crippen molar-refractivity contribution in [1.29, 1.82) is 0 Å². The van der Waals surface area contributed by atoms with Crippen molar-refractivity contribution in [3.05, 3.63) is 131 Å². The largest absolute Gasteiger partial charge is 0.352 e. The van der Waals surface area contributed by atoms with Crippen molar-refractivity contribution < 1.29 is 22.4 Å². The van der Waals surface area contributed by atoms with E-state index in [1.165, 1.54) is 29.2 Å². The van der Waals surface area contributed by atoms with E-state index in [0.29, 0.717) is 16.8 Å². The van der Waals surface area contributed by atoms with E-state index >= 15 is 0 Å². The van der Waals surface area contributed by atoms with Gasteiger partial charge in [0.05, 0.1) is 10.6 Å². The topological polar surface area (TPSA) is 86.8 Å². The summed E-state index contributed by atoms with van der Waals surface area (Å²) in [6, 6.07) is 26.2. The molecule has 0 aliphatic heterocycles. The molecule has 1 aliphatic carbocycles. The lowest BCUT2D eigenvalue weighted by Crippen LogP contribution is -2.54. The molecule has 1 saturated carbocycles. The molecular formula is C38H42FN3O4S. The Hall–Kier alpha value is -4.50. The first kappa shape index (κ1) is 33.9. The first-order valence-electron chi connectivity index (χ1n) is 16.1. The minimum absolute atomic E-state index is 0.0113. The van der Waals surface area contributed by atoms with Gasteiger partial charge < -0.3 is 10.2 Å². The molecule has 0 spiro atoms. The smallest absolute Gasteiger partial charge is 0.264 e. The molecule has 4 aromatic rings. The van der Waals surface area contributed by atoms with Crippen molar-refractivity contribution in [2.24, 2.45) is 0 Å². The van der Waals surface area contributed by atoms with E-state index in [2.05, 4.69) is 5.32 Å². The van der Waals surface area contributed by atoms with Crippen LogP contribution in [-0.4, -0.2) is 43.8 Å². The van der Waals surface area contributed by atoms with Crippen LogP contribution < -0.4 is 9.62 Å². The number of amides is 2.